The molecule has 2 aliphatic heterocycles. The quantitative estimate of drug-likeness (QED) is 0.0302. The SMILES string of the molecule is CCCCN1/C(=C/C=C2\CCCC(/C=C/C3=[N+](CCCCCC(=O)NCCCCCC(=O)NCCC)c4ccc(S(=O)(=O)O)cc4C3(C)C)=C2Oc2ccc(S(=O)(=O)O)cc2)C(C)(C)c2cc(S(=O)(=O)O)ccc21. The van der Waals surface area contributed by atoms with Gasteiger partial charge in [0.2, 0.25) is 17.5 Å². The summed E-state index contributed by atoms with van der Waals surface area (Å²) in [5.74, 6) is 0.894. The molecule has 0 unspecified atom stereocenters. The topological polar surface area (TPSA) is 237 Å². The molecule has 74 heavy (non-hydrogen) atoms. The minimum Gasteiger partial charge on any atom is -0.457 e. The number of allylic oxidation sites excluding steroid dienone is 7. The van der Waals surface area contributed by atoms with Crippen molar-refractivity contribution in [3.05, 3.63) is 119 Å². The van der Waals surface area contributed by atoms with Crippen molar-refractivity contribution < 1.29 is 57.8 Å². The number of unbranched alkanes of at least 4 members (excludes halogenated alkanes) is 5. The number of ether oxygens (including phenoxy) is 1. The molecule has 6 rings (SSSR count). The van der Waals surface area contributed by atoms with Gasteiger partial charge in [-0.3, -0.25) is 23.2 Å². The van der Waals surface area contributed by atoms with Crippen LogP contribution in [0, 0.1) is 0 Å². The number of rotatable bonds is 25. The Labute approximate surface area is 438 Å². The first-order valence-electron chi connectivity index (χ1n) is 25.7. The van der Waals surface area contributed by atoms with Crippen LogP contribution in [-0.2, 0) is 50.8 Å². The minimum absolute atomic E-state index is 0.0239. The monoisotopic (exact) mass is 1080 g/mol. The maximum absolute atomic E-state index is 12.7. The second-order valence-corrected chi connectivity index (χ2v) is 24.5. The lowest BCUT2D eigenvalue weighted by Gasteiger charge is -2.27. The second-order valence-electron chi connectivity index (χ2n) is 20.3. The van der Waals surface area contributed by atoms with Crippen LogP contribution in [0.5, 0.6) is 5.75 Å². The summed E-state index contributed by atoms with van der Waals surface area (Å²) in [6, 6.07) is 14.8. The van der Waals surface area contributed by atoms with E-state index >= 15 is 0 Å². The normalized spacial score (nSPS) is 17.6. The van der Waals surface area contributed by atoms with Crippen LogP contribution in [0.4, 0.5) is 11.4 Å². The van der Waals surface area contributed by atoms with Crippen LogP contribution in [0.3, 0.4) is 0 Å². The Morgan fingerprint density at radius 1 is 0.662 bits per heavy atom. The van der Waals surface area contributed by atoms with Crippen LogP contribution in [-0.4, -0.2) is 87.2 Å². The summed E-state index contributed by atoms with van der Waals surface area (Å²) in [6.07, 6.45) is 18.1. The molecule has 19 heteroatoms. The number of anilines is 1. The number of hydrogen-bond acceptors (Lipinski definition) is 10. The molecule has 1 aliphatic carbocycles. The van der Waals surface area contributed by atoms with Crippen LogP contribution in [0.15, 0.2) is 122 Å². The Morgan fingerprint density at radius 2 is 1.26 bits per heavy atom. The zero-order chi connectivity index (χ0) is 54.1. The maximum Gasteiger partial charge on any atom is 0.294 e. The summed E-state index contributed by atoms with van der Waals surface area (Å²) in [7, 11) is -13.4. The fourth-order valence-electron chi connectivity index (χ4n) is 9.92. The molecule has 402 valence electrons. The number of nitrogens with one attached hydrogen (secondary N) is 2. The molecular weight excluding hydrogens is 1000 g/mol. The van der Waals surface area contributed by atoms with E-state index in [2.05, 4.69) is 27.0 Å². The van der Waals surface area contributed by atoms with Gasteiger partial charge < -0.3 is 20.3 Å². The standard InChI is InChI=1S/C55H72N4O12S3/c1-7-9-35-58-47-29-27-43(73(65,66)67)37-45(47)54(3,4)49(58)31-21-39-17-16-18-40(53(39)71-41-23-25-42(26-24-41)72(62,63)64)22-32-50-55(5,6)46-38-44(74(68,69)70)28-30-48(46)59(50)36-15-11-13-20-52(61)57-34-14-10-12-19-51(60)56-33-8-2/h21-32,37-38H,7-20,33-36H2,1-6H3,(H4-,56,57,60,61,62,63,64,65,66,67,68,69,70)/p+1. The summed E-state index contributed by atoms with van der Waals surface area (Å²) in [5, 5.41) is 5.87. The van der Waals surface area contributed by atoms with Crippen molar-refractivity contribution in [2.24, 2.45) is 0 Å². The van der Waals surface area contributed by atoms with Crippen LogP contribution in [0.25, 0.3) is 0 Å². The van der Waals surface area contributed by atoms with Crippen molar-refractivity contribution in [2.75, 3.05) is 31.1 Å². The number of hydrogen-bond donors (Lipinski definition) is 5. The van der Waals surface area contributed by atoms with E-state index in [0.29, 0.717) is 81.8 Å². The van der Waals surface area contributed by atoms with Crippen molar-refractivity contribution in [1.29, 1.82) is 0 Å². The summed E-state index contributed by atoms with van der Waals surface area (Å²) in [5.41, 5.74) is 5.15. The Morgan fingerprint density at radius 3 is 1.88 bits per heavy atom. The molecular formula is C55H73N4O12S3+. The van der Waals surface area contributed by atoms with E-state index in [1.54, 1.807) is 12.1 Å². The summed E-state index contributed by atoms with van der Waals surface area (Å²) >= 11 is 0. The molecule has 16 nitrogen and oxygen atoms in total. The van der Waals surface area contributed by atoms with E-state index in [4.69, 9.17) is 4.74 Å². The van der Waals surface area contributed by atoms with Gasteiger partial charge in [-0.05, 0) is 155 Å². The number of fused-ring (bicyclic) bond motifs is 2. The lowest BCUT2D eigenvalue weighted by Crippen LogP contribution is -2.28. The molecule has 0 saturated heterocycles. The Balaban J connectivity index is 1.32. The first kappa shape index (κ1) is 57.8. The summed E-state index contributed by atoms with van der Waals surface area (Å²) < 4.78 is 112. The lowest BCUT2D eigenvalue weighted by molar-refractivity contribution is -0.438. The van der Waals surface area contributed by atoms with Gasteiger partial charge in [0, 0.05) is 73.4 Å². The Kier molecular flexibility index (Phi) is 19.1. The molecule has 3 aromatic rings. The van der Waals surface area contributed by atoms with E-state index in [1.807, 2.05) is 58.9 Å². The predicted molar refractivity (Wildman–Crippen MR) is 287 cm³/mol. The molecule has 5 N–H and O–H groups in total. The third-order valence-electron chi connectivity index (χ3n) is 14.0. The van der Waals surface area contributed by atoms with E-state index < -0.39 is 41.2 Å². The van der Waals surface area contributed by atoms with Crippen molar-refractivity contribution in [1.82, 2.24) is 10.6 Å². The maximum atomic E-state index is 12.7. The molecule has 3 aliphatic rings. The van der Waals surface area contributed by atoms with E-state index in [9.17, 15) is 48.5 Å². The molecule has 2 heterocycles. The van der Waals surface area contributed by atoms with Crippen molar-refractivity contribution in [3.63, 3.8) is 0 Å². The Bertz CT molecular complexity index is 3080. The number of benzene rings is 3. The first-order chi connectivity index (χ1) is 34.9. The van der Waals surface area contributed by atoms with E-state index in [1.165, 1.54) is 48.5 Å². The largest absolute Gasteiger partial charge is 0.457 e. The molecule has 0 bridgehead atoms. The number of carbonyl (C=O) groups is 2. The highest BCUT2D eigenvalue weighted by atomic mass is 32.2. The zero-order valence-electron chi connectivity index (χ0n) is 43.4. The number of amides is 2. The van der Waals surface area contributed by atoms with E-state index in [-0.39, 0.29) is 26.5 Å². The molecule has 0 atom stereocenters. The van der Waals surface area contributed by atoms with Gasteiger partial charge in [0.15, 0.2) is 5.71 Å². The van der Waals surface area contributed by atoms with Gasteiger partial charge >= 0.3 is 0 Å². The van der Waals surface area contributed by atoms with Crippen molar-refractivity contribution >= 4 is 59.3 Å². The second kappa shape index (κ2) is 24.5. The molecule has 2 amide bonds. The van der Waals surface area contributed by atoms with Crippen LogP contribution in [0.1, 0.15) is 143 Å². The smallest absolute Gasteiger partial charge is 0.294 e. The first-order valence-corrected chi connectivity index (χ1v) is 30.0. The van der Waals surface area contributed by atoms with Gasteiger partial charge in [-0.25, -0.2) is 0 Å². The third-order valence-corrected chi connectivity index (χ3v) is 16.6. The van der Waals surface area contributed by atoms with Crippen molar-refractivity contribution in [2.45, 2.75) is 157 Å². The van der Waals surface area contributed by atoms with Gasteiger partial charge in [0.25, 0.3) is 30.4 Å². The van der Waals surface area contributed by atoms with Gasteiger partial charge in [-0.1, -0.05) is 46.6 Å². The summed E-state index contributed by atoms with van der Waals surface area (Å²) in [4.78, 5) is 26.1. The Hall–Kier alpha value is -5.44. The molecule has 0 radical (unpaired) electrons. The van der Waals surface area contributed by atoms with Crippen LogP contribution >= 0.6 is 0 Å². The molecule has 0 fully saturated rings. The van der Waals surface area contributed by atoms with Gasteiger partial charge in [0.05, 0.1) is 20.1 Å². The average molecular weight is 1080 g/mol. The lowest BCUT2D eigenvalue weighted by atomic mass is 9.81. The minimum atomic E-state index is -4.51. The highest BCUT2D eigenvalue weighted by Gasteiger charge is 2.45. The fraction of sp³-hybridized carbons (Fsp3) is 0.473. The predicted octanol–water partition coefficient (Wildman–Crippen LogP) is 10.0. The van der Waals surface area contributed by atoms with Gasteiger partial charge in [-0.2, -0.15) is 29.8 Å². The third kappa shape index (κ3) is 14.3. The van der Waals surface area contributed by atoms with Gasteiger partial charge in [-0.15, -0.1) is 0 Å². The molecule has 3 aromatic carbocycles. The van der Waals surface area contributed by atoms with Crippen LogP contribution < -0.4 is 20.3 Å². The van der Waals surface area contributed by atoms with Gasteiger partial charge in [0.1, 0.15) is 18.1 Å². The van der Waals surface area contributed by atoms with Crippen molar-refractivity contribution in [3.8, 4) is 5.75 Å². The number of carbonyl (C=O) groups excluding carboxylic acids is 2. The fourth-order valence-corrected chi connectivity index (χ4v) is 11.4. The highest BCUT2D eigenvalue weighted by Crippen LogP contribution is 2.49. The molecule has 0 aromatic heterocycles. The van der Waals surface area contributed by atoms with Crippen LogP contribution in [0.2, 0.25) is 0 Å². The summed E-state index contributed by atoms with van der Waals surface area (Å²) in [6.45, 7) is 14.6. The molecule has 0 spiro atoms. The number of nitrogens with zero attached hydrogens (tertiary/aromatic N) is 2. The zero-order valence-corrected chi connectivity index (χ0v) is 45.9. The van der Waals surface area contributed by atoms with E-state index in [0.717, 1.165) is 90.9 Å². The molecule has 0 saturated carbocycles. The average Bonchev–Trinajstić information content (AvgIpc) is 3.68. The highest BCUT2D eigenvalue weighted by molar-refractivity contribution is 7.86.